The monoisotopic (exact) mass is 2170 g/mol. The largest absolute Gasteiger partial charge is 1.00 e. The number of carbonyl (C=O) groups excluding carboxylic acids is 9. The Morgan fingerprint density at radius 1 is 0.489 bits per heavy atom. The number of halogens is 12. The summed E-state index contributed by atoms with van der Waals surface area (Å²) in [6.45, 7) is 6.13. The fourth-order valence-corrected chi connectivity index (χ4v) is 13.1. The number of hydrogen-bond acceptors (Lipinski definition) is 24. The smallest absolute Gasteiger partial charge is 0.870 e. The maximum absolute atomic E-state index is 13.6. The molecule has 0 saturated carbocycles. The number of fused-ring (bicyclic) bond motifs is 4. The van der Waals surface area contributed by atoms with Gasteiger partial charge in [0.1, 0.15) is 45.7 Å². The summed E-state index contributed by atoms with van der Waals surface area (Å²) in [6, 6.07) is 27.3. The third-order valence-corrected chi connectivity index (χ3v) is 20.1. The van der Waals surface area contributed by atoms with Crippen molar-refractivity contribution in [3.63, 3.8) is 0 Å². The molecule has 0 atom stereocenters. The molecule has 2 saturated heterocycles. The molecule has 2 aliphatic rings. The van der Waals surface area contributed by atoms with Crippen LogP contribution in [0, 0.1) is 18.8 Å². The average molecular weight is 2170 g/mol. The molecule has 2 aromatic carbocycles. The number of carbonyl (C=O) groups is 10. The average Bonchev–Trinajstić information content (AvgIpc) is 1.61. The number of amides is 5. The predicted molar refractivity (Wildman–Crippen MR) is 479 cm³/mol. The van der Waals surface area contributed by atoms with Crippen LogP contribution in [-0.2, 0) is 45.7 Å². The van der Waals surface area contributed by atoms with E-state index in [0.717, 1.165) is 34.7 Å². The van der Waals surface area contributed by atoms with Gasteiger partial charge in [0.05, 0.1) is 77.6 Å². The number of carboxylic acids is 1. The van der Waals surface area contributed by atoms with Gasteiger partial charge in [-0.3, -0.25) is 28.8 Å². The van der Waals surface area contributed by atoms with Crippen LogP contribution in [-0.4, -0.2) is 252 Å². The van der Waals surface area contributed by atoms with Crippen LogP contribution in [0.15, 0.2) is 208 Å². The molecule has 0 radical (unpaired) electrons. The van der Waals surface area contributed by atoms with E-state index in [2.05, 4.69) is 111 Å². The quantitative estimate of drug-likeness (QED) is 0.0130. The Hall–Kier alpha value is -12.7. The van der Waals surface area contributed by atoms with Crippen molar-refractivity contribution < 1.29 is 137 Å². The van der Waals surface area contributed by atoms with E-state index < -0.39 is 93.6 Å². The van der Waals surface area contributed by atoms with Crippen LogP contribution in [0.3, 0.4) is 0 Å². The van der Waals surface area contributed by atoms with Crippen LogP contribution >= 0.6 is 73.5 Å². The number of ketones is 1. The van der Waals surface area contributed by atoms with Gasteiger partial charge in [0.15, 0.2) is 17.1 Å². The molecule has 14 aromatic rings. The van der Waals surface area contributed by atoms with Gasteiger partial charge in [0.25, 0.3) is 17.7 Å². The Bertz CT molecular complexity index is 6320. The molecule has 0 aliphatic carbocycles. The number of imidazole rings is 4. The fraction of sp³-hybridized carbons (Fsp3) is 0.229. The number of hydrogen-bond donors (Lipinski definition) is 4. The second-order valence-corrected chi connectivity index (χ2v) is 30.0. The van der Waals surface area contributed by atoms with Gasteiger partial charge in [0, 0.05) is 152 Å². The van der Waals surface area contributed by atoms with Crippen molar-refractivity contribution in [2.24, 2.45) is 5.73 Å². The number of anilines is 1. The van der Waals surface area contributed by atoms with Crippen molar-refractivity contribution in [2.45, 2.75) is 33.1 Å². The number of aromatic carboxylic acids is 1. The number of nitrogens with one attached hydrogen (secondary N) is 1. The molecule has 16 rings (SSSR count). The summed E-state index contributed by atoms with van der Waals surface area (Å²) in [6.07, 6.45) is 16.3. The van der Waals surface area contributed by atoms with Crippen molar-refractivity contribution in [1.82, 2.24) is 96.8 Å². The van der Waals surface area contributed by atoms with Gasteiger partial charge < -0.3 is 78.8 Å². The summed E-state index contributed by atoms with van der Waals surface area (Å²) < 4.78 is 134. The second kappa shape index (κ2) is 50.2. The van der Waals surface area contributed by atoms with E-state index in [4.69, 9.17) is 26.0 Å². The van der Waals surface area contributed by atoms with E-state index in [0.29, 0.717) is 83.8 Å². The SMILES string of the molecule is CCOC(=O)C(=O)CBr.CCOC(=O)c1cn2cc(-n3cccn3)ccc2n1.CCOC(=O)c1cn2cc(I)ccc2n1.Cl.NCC(=O)N1CCN(C(=O)c2cc(F)ccc2C(F)(F)F)CC1.Nc1ccc(I)cn1.O=C(NCC(=O)N1CCN(C(=O)c2cc(F)ccc2C(F)(F)F)CC1)c1cn2cc(-n3cccn3)ccc2n1.O=C(O)c1cn2cc(-n3cccn3)ccc2n1.[Na+].[OH-]. The van der Waals surface area contributed by atoms with E-state index in [1.807, 2.05) is 77.7 Å². The zero-order valence-corrected chi connectivity index (χ0v) is 79.2. The van der Waals surface area contributed by atoms with Gasteiger partial charge in [-0.15, -0.1) is 12.4 Å². The van der Waals surface area contributed by atoms with Gasteiger partial charge in [-0.1, -0.05) is 15.9 Å². The zero-order valence-electron chi connectivity index (χ0n) is 70.4. The first-order chi connectivity index (χ1) is 62.1. The summed E-state index contributed by atoms with van der Waals surface area (Å²) in [5.41, 5.74) is 12.5. The van der Waals surface area contributed by atoms with Crippen molar-refractivity contribution in [3.8, 4) is 17.1 Å². The number of piperazine rings is 2. The number of benzene rings is 2. The summed E-state index contributed by atoms with van der Waals surface area (Å²) >= 11 is 7.22. The first-order valence-electron chi connectivity index (χ1n) is 38.7. The van der Waals surface area contributed by atoms with Crippen molar-refractivity contribution in [3.05, 3.63) is 272 Å². The van der Waals surface area contributed by atoms with Crippen LogP contribution in [0.2, 0.25) is 0 Å². The number of esters is 3. The maximum Gasteiger partial charge on any atom is 1.00 e. The molecular formula is C83H79BrClF8I2N22NaO15. The molecule has 7 N–H and O–H groups in total. The Morgan fingerprint density at radius 2 is 0.857 bits per heavy atom. The van der Waals surface area contributed by atoms with E-state index in [-0.39, 0.29) is 148 Å². The normalized spacial score (nSPS) is 12.1. The first kappa shape index (κ1) is 107. The third-order valence-electron chi connectivity index (χ3n) is 18.3. The first-order valence-corrected chi connectivity index (χ1v) is 42.0. The topological polar surface area (TPSA) is 461 Å². The number of nitrogens with zero attached hydrogens (tertiary/aromatic N) is 19. The molecule has 14 heterocycles. The van der Waals surface area contributed by atoms with Gasteiger partial charge >= 0.3 is 65.8 Å². The number of aromatic nitrogens is 15. The zero-order chi connectivity index (χ0) is 94.1. The number of Topliss-reactive ketones (excluding diaryl/α,β-unsaturated/α-hetero) is 1. The second-order valence-electron chi connectivity index (χ2n) is 27.0. The number of pyridine rings is 5. The summed E-state index contributed by atoms with van der Waals surface area (Å²) in [7, 11) is 0. The Kier molecular flexibility index (Phi) is 40.5. The minimum Gasteiger partial charge on any atom is -0.870 e. The number of nitrogens with two attached hydrogens (primary N) is 2. The van der Waals surface area contributed by atoms with E-state index in [1.165, 1.54) is 27.1 Å². The molecule has 133 heavy (non-hydrogen) atoms. The van der Waals surface area contributed by atoms with Crippen LogP contribution in [0.5, 0.6) is 0 Å². The molecule has 0 unspecified atom stereocenters. The summed E-state index contributed by atoms with van der Waals surface area (Å²) in [4.78, 5) is 142. The van der Waals surface area contributed by atoms with Gasteiger partial charge in [0.2, 0.25) is 17.6 Å². The standard InChI is InChI=1S/C25H21F4N7O3.C14H15F4N3O2.C13H12N4O2.C11H8N4O2.C10H9IN2O2.C5H7BrO3.C5H5IN2.ClH.Na.H2O/c26-16-2-4-19(25(27,28)29)18(12-16)24(39)34-10-8-33(9-11-34)22(37)13-30-23(38)20-15-35-14-17(3-5-21(35)32-20)36-7-1-6-31-36;15-9-1-2-11(14(16,17)18)10(7-9)13(23)21-5-3-20(4-6-21)12(22)8-19;1-2-19-13(18)11-9-16-8-10(4-5-12(16)15-11)17-7-3-6-14-17;16-11(17)9-7-14-6-8(2-3-10(14)13-9)15-5-1-4-12-15;1-2-15-10(14)8-6-13-5-7(11)3-4-9(13)12-8;1-2-9-5(8)4(7)3-6;6-4-1-2-5(7)8-3-4;;;/h1-7,12,14-15H,8-11,13H2,(H,30,38);1-2,7H,3-6,8,19H2;3-9H,2H2,1H3;1-7H,(H,16,17);3-6H,2H2,1H3;2-3H2,1H3;1-3H,(H2,7,8);1H;;1H2/q;;;;;;;;+1;/p-1. The van der Waals surface area contributed by atoms with Crippen LogP contribution in [0.1, 0.15) is 94.6 Å². The summed E-state index contributed by atoms with van der Waals surface area (Å²) in [5.74, 6) is -7.60. The molecule has 5 amide bonds. The minimum atomic E-state index is -4.82. The number of alkyl halides is 7. The fourth-order valence-electron chi connectivity index (χ4n) is 12.1. The predicted octanol–water partition coefficient (Wildman–Crippen LogP) is 7.54. The molecular weight excluding hydrogens is 2090 g/mol. The Balaban J connectivity index is 0.000000224. The van der Waals surface area contributed by atoms with Gasteiger partial charge in [-0.05, 0) is 181 Å². The van der Waals surface area contributed by atoms with Crippen molar-refractivity contribution in [1.29, 1.82) is 0 Å². The Labute approximate surface area is 813 Å². The van der Waals surface area contributed by atoms with Crippen molar-refractivity contribution in [2.75, 3.05) is 96.3 Å². The van der Waals surface area contributed by atoms with Crippen molar-refractivity contribution >= 4 is 161 Å². The van der Waals surface area contributed by atoms with Crippen LogP contribution in [0.4, 0.5) is 40.9 Å². The van der Waals surface area contributed by atoms with Crippen LogP contribution in [0.25, 0.3) is 39.7 Å². The molecule has 696 valence electrons. The number of nitrogen functional groups attached to an aromatic ring is 1. The van der Waals surface area contributed by atoms with Gasteiger partial charge in [-0.2, -0.15) is 41.6 Å². The number of rotatable bonds is 17. The molecule has 50 heteroatoms. The molecule has 12 aromatic heterocycles. The molecule has 0 bridgehead atoms. The molecule has 2 aliphatic heterocycles. The van der Waals surface area contributed by atoms with E-state index >= 15 is 0 Å². The molecule has 0 spiro atoms. The molecule has 37 nitrogen and oxygen atoms in total. The van der Waals surface area contributed by atoms with E-state index in [9.17, 15) is 83.1 Å². The van der Waals surface area contributed by atoms with E-state index in [1.54, 1.807) is 134 Å². The number of ether oxygens (including phenoxy) is 3. The molecule has 2 fully saturated rings. The van der Waals surface area contributed by atoms with Crippen LogP contribution < -0.4 is 46.3 Å². The third kappa shape index (κ3) is 29.9. The summed E-state index contributed by atoms with van der Waals surface area (Å²) in [5, 5.41) is 23.8. The number of carboxylic acid groups (broad SMARTS) is 1. The Morgan fingerprint density at radius 3 is 1.22 bits per heavy atom. The minimum absolute atomic E-state index is 0. The maximum atomic E-state index is 13.6. The van der Waals surface area contributed by atoms with Gasteiger partial charge in [-0.25, -0.2) is 66.9 Å².